The predicted octanol–water partition coefficient (Wildman–Crippen LogP) is 3.26. The van der Waals surface area contributed by atoms with Crippen molar-refractivity contribution >= 4 is 5.91 Å². The molecular formula is C24H39N3O2. The van der Waals surface area contributed by atoms with E-state index in [1.165, 1.54) is 56.3 Å². The topological polar surface area (TPSA) is 44.8 Å². The highest BCUT2D eigenvalue weighted by Crippen LogP contribution is 2.28. The van der Waals surface area contributed by atoms with Crippen LogP contribution >= 0.6 is 0 Å². The molecule has 1 aromatic carbocycles. The molecule has 162 valence electrons. The zero-order valence-electron chi connectivity index (χ0n) is 18.4. The van der Waals surface area contributed by atoms with Gasteiger partial charge in [0.15, 0.2) is 0 Å². The summed E-state index contributed by atoms with van der Waals surface area (Å²) >= 11 is 0. The molecule has 0 unspecified atom stereocenters. The average Bonchev–Trinajstić information content (AvgIpc) is 2.96. The van der Waals surface area contributed by atoms with Gasteiger partial charge in [0, 0.05) is 38.6 Å². The van der Waals surface area contributed by atoms with E-state index in [9.17, 15) is 4.79 Å². The second kappa shape index (κ2) is 11.6. The van der Waals surface area contributed by atoms with E-state index < -0.39 is 0 Å². The zero-order chi connectivity index (χ0) is 20.5. The Morgan fingerprint density at radius 3 is 2.86 bits per heavy atom. The monoisotopic (exact) mass is 401 g/mol. The zero-order valence-corrected chi connectivity index (χ0v) is 18.4. The third-order valence-electron chi connectivity index (χ3n) is 6.44. The number of aryl methyl sites for hydroxylation is 1. The van der Waals surface area contributed by atoms with Gasteiger partial charge in [0.2, 0.25) is 5.91 Å². The SMILES string of the molecule is CCCN(CCCCCN1CCNCCC1=O)[C@@H]1CCc2ccc(OC)cc2C1. The van der Waals surface area contributed by atoms with Crippen LogP contribution in [0, 0.1) is 0 Å². The lowest BCUT2D eigenvalue weighted by atomic mass is 9.87. The van der Waals surface area contributed by atoms with Crippen molar-refractivity contribution in [2.24, 2.45) is 0 Å². The van der Waals surface area contributed by atoms with Gasteiger partial charge in [-0.3, -0.25) is 4.79 Å². The van der Waals surface area contributed by atoms with Crippen molar-refractivity contribution in [3.63, 3.8) is 0 Å². The van der Waals surface area contributed by atoms with Gasteiger partial charge in [-0.15, -0.1) is 0 Å². The molecule has 1 aliphatic heterocycles. The summed E-state index contributed by atoms with van der Waals surface area (Å²) in [4.78, 5) is 16.9. The third kappa shape index (κ3) is 6.45. The van der Waals surface area contributed by atoms with Crippen molar-refractivity contribution in [3.05, 3.63) is 29.3 Å². The summed E-state index contributed by atoms with van der Waals surface area (Å²) in [7, 11) is 1.75. The van der Waals surface area contributed by atoms with Crippen LogP contribution in [0.15, 0.2) is 18.2 Å². The Balaban J connectivity index is 1.44. The molecule has 0 bridgehead atoms. The minimum Gasteiger partial charge on any atom is -0.497 e. The van der Waals surface area contributed by atoms with Crippen molar-refractivity contribution in [1.82, 2.24) is 15.1 Å². The van der Waals surface area contributed by atoms with E-state index in [0.717, 1.165) is 44.8 Å². The van der Waals surface area contributed by atoms with E-state index in [2.05, 4.69) is 40.2 Å². The van der Waals surface area contributed by atoms with Crippen molar-refractivity contribution in [2.45, 2.75) is 64.3 Å². The van der Waals surface area contributed by atoms with Gasteiger partial charge < -0.3 is 19.9 Å². The highest BCUT2D eigenvalue weighted by atomic mass is 16.5. The Bertz CT molecular complexity index is 649. The number of carbonyl (C=O) groups is 1. The number of rotatable bonds is 10. The van der Waals surface area contributed by atoms with E-state index in [1.807, 2.05) is 0 Å². The highest BCUT2D eigenvalue weighted by molar-refractivity contribution is 5.76. The summed E-state index contributed by atoms with van der Waals surface area (Å²) < 4.78 is 5.44. The summed E-state index contributed by atoms with van der Waals surface area (Å²) in [6.45, 7) is 8.19. The molecule has 1 heterocycles. The van der Waals surface area contributed by atoms with Crippen LogP contribution in [-0.2, 0) is 17.6 Å². The number of benzene rings is 1. The molecule has 1 N–H and O–H groups in total. The summed E-state index contributed by atoms with van der Waals surface area (Å²) in [5, 5.41) is 3.31. The Labute approximate surface area is 176 Å². The van der Waals surface area contributed by atoms with Crippen LogP contribution in [0.5, 0.6) is 5.75 Å². The molecule has 29 heavy (non-hydrogen) atoms. The minimum atomic E-state index is 0.318. The molecule has 1 aliphatic carbocycles. The number of hydrogen-bond acceptors (Lipinski definition) is 4. The molecule has 1 aromatic rings. The molecule has 5 nitrogen and oxygen atoms in total. The van der Waals surface area contributed by atoms with Crippen LogP contribution < -0.4 is 10.1 Å². The quantitative estimate of drug-likeness (QED) is 0.611. The average molecular weight is 402 g/mol. The van der Waals surface area contributed by atoms with Gasteiger partial charge in [0.1, 0.15) is 5.75 Å². The van der Waals surface area contributed by atoms with Crippen LogP contribution in [0.1, 0.15) is 56.6 Å². The van der Waals surface area contributed by atoms with Crippen molar-refractivity contribution in [3.8, 4) is 5.75 Å². The van der Waals surface area contributed by atoms with Gasteiger partial charge in [-0.2, -0.15) is 0 Å². The molecule has 3 rings (SSSR count). The number of methoxy groups -OCH3 is 1. The standard InChI is InChI=1S/C24H39N3O2/c1-3-14-26(15-5-4-6-16-27-17-13-25-12-11-24(27)28)22-9-7-20-8-10-23(29-2)19-21(20)18-22/h8,10,19,22,25H,3-7,9,11-18H2,1-2H3/t22-/m1/s1. The summed E-state index contributed by atoms with van der Waals surface area (Å²) in [6.07, 6.45) is 8.98. The number of hydrogen-bond donors (Lipinski definition) is 1. The van der Waals surface area contributed by atoms with Crippen molar-refractivity contribution in [1.29, 1.82) is 0 Å². The first-order valence-electron chi connectivity index (χ1n) is 11.6. The molecule has 1 fully saturated rings. The molecule has 0 aromatic heterocycles. The molecule has 2 aliphatic rings. The molecule has 0 radical (unpaired) electrons. The second-order valence-corrected chi connectivity index (χ2v) is 8.51. The van der Waals surface area contributed by atoms with Crippen LogP contribution in [0.3, 0.4) is 0 Å². The fourth-order valence-corrected chi connectivity index (χ4v) is 4.77. The summed E-state index contributed by atoms with van der Waals surface area (Å²) in [5.74, 6) is 1.30. The maximum Gasteiger partial charge on any atom is 0.223 e. The Morgan fingerprint density at radius 1 is 1.14 bits per heavy atom. The smallest absolute Gasteiger partial charge is 0.223 e. The number of amides is 1. The van der Waals surface area contributed by atoms with Gasteiger partial charge in [-0.1, -0.05) is 19.4 Å². The summed E-state index contributed by atoms with van der Waals surface area (Å²) in [6, 6.07) is 7.22. The number of unbranched alkanes of at least 4 members (excludes halogenated alkanes) is 2. The molecule has 1 amide bonds. The number of fused-ring (bicyclic) bond motifs is 1. The first-order chi connectivity index (χ1) is 14.2. The van der Waals surface area contributed by atoms with E-state index in [4.69, 9.17) is 4.74 Å². The number of ether oxygens (including phenoxy) is 1. The molecule has 5 heteroatoms. The van der Waals surface area contributed by atoms with E-state index in [1.54, 1.807) is 7.11 Å². The Hall–Kier alpha value is -1.59. The van der Waals surface area contributed by atoms with Crippen LogP contribution in [0.4, 0.5) is 0 Å². The Morgan fingerprint density at radius 2 is 2.03 bits per heavy atom. The first-order valence-corrected chi connectivity index (χ1v) is 11.6. The fourth-order valence-electron chi connectivity index (χ4n) is 4.77. The van der Waals surface area contributed by atoms with Crippen LogP contribution in [0.25, 0.3) is 0 Å². The molecular weight excluding hydrogens is 362 g/mol. The Kier molecular flexibility index (Phi) is 8.81. The molecule has 0 saturated carbocycles. The van der Waals surface area contributed by atoms with Crippen molar-refractivity contribution in [2.75, 3.05) is 46.4 Å². The lowest BCUT2D eigenvalue weighted by Gasteiger charge is -2.35. The maximum atomic E-state index is 12.1. The van der Waals surface area contributed by atoms with Gasteiger partial charge in [-0.25, -0.2) is 0 Å². The fraction of sp³-hybridized carbons (Fsp3) is 0.708. The molecule has 1 atom stereocenters. The summed E-state index contributed by atoms with van der Waals surface area (Å²) in [5.41, 5.74) is 2.96. The van der Waals surface area contributed by atoms with Crippen LogP contribution in [-0.4, -0.2) is 68.1 Å². The van der Waals surface area contributed by atoms with E-state index >= 15 is 0 Å². The number of carbonyl (C=O) groups excluding carboxylic acids is 1. The third-order valence-corrected chi connectivity index (χ3v) is 6.44. The second-order valence-electron chi connectivity index (χ2n) is 8.51. The van der Waals surface area contributed by atoms with Crippen molar-refractivity contribution < 1.29 is 9.53 Å². The molecule has 0 spiro atoms. The normalized spacial score (nSPS) is 19.9. The van der Waals surface area contributed by atoms with E-state index in [0.29, 0.717) is 18.4 Å². The van der Waals surface area contributed by atoms with E-state index in [-0.39, 0.29) is 0 Å². The molecule has 1 saturated heterocycles. The van der Waals surface area contributed by atoms with Gasteiger partial charge in [-0.05, 0) is 74.9 Å². The highest BCUT2D eigenvalue weighted by Gasteiger charge is 2.24. The van der Waals surface area contributed by atoms with Gasteiger partial charge in [0.25, 0.3) is 0 Å². The first kappa shape index (κ1) is 22.1. The van der Waals surface area contributed by atoms with Gasteiger partial charge >= 0.3 is 0 Å². The predicted molar refractivity (Wildman–Crippen MR) is 119 cm³/mol. The lowest BCUT2D eigenvalue weighted by molar-refractivity contribution is -0.130. The maximum absolute atomic E-state index is 12.1. The largest absolute Gasteiger partial charge is 0.497 e. The van der Waals surface area contributed by atoms with Gasteiger partial charge in [0.05, 0.1) is 7.11 Å². The van der Waals surface area contributed by atoms with Crippen LogP contribution in [0.2, 0.25) is 0 Å². The minimum absolute atomic E-state index is 0.318. The lowest BCUT2D eigenvalue weighted by Crippen LogP contribution is -2.40. The number of nitrogens with one attached hydrogen (secondary N) is 1. The number of nitrogens with zero attached hydrogens (tertiary/aromatic N) is 2.